The van der Waals surface area contributed by atoms with Gasteiger partial charge in [0.2, 0.25) is 0 Å². The first kappa shape index (κ1) is 23.4. The number of ether oxygens (including phenoxy) is 1. The van der Waals surface area contributed by atoms with E-state index in [0.717, 1.165) is 5.56 Å². The zero-order valence-electron chi connectivity index (χ0n) is 18.7. The van der Waals surface area contributed by atoms with Crippen molar-refractivity contribution in [2.45, 2.75) is 26.4 Å². The normalized spacial score (nSPS) is 12.2. The highest BCUT2D eigenvalue weighted by Crippen LogP contribution is 2.34. The molecule has 0 atom stereocenters. The van der Waals surface area contributed by atoms with Gasteiger partial charge in [0.1, 0.15) is 0 Å². The number of halogens is 1. The van der Waals surface area contributed by atoms with Gasteiger partial charge in [-0.1, -0.05) is 66.2 Å². The molecule has 0 aliphatic heterocycles. The first-order valence-electron chi connectivity index (χ1n) is 10.8. The molecule has 0 saturated heterocycles. The van der Waals surface area contributed by atoms with Crippen LogP contribution in [0.5, 0.6) is 0 Å². The number of rotatable bonds is 6. The largest absolute Gasteiger partial charge is 0.452 e. The van der Waals surface area contributed by atoms with Crippen molar-refractivity contribution in [1.29, 1.82) is 0 Å². The first-order chi connectivity index (χ1) is 16.3. The summed E-state index contributed by atoms with van der Waals surface area (Å²) in [7, 11) is 0. The molecule has 1 aliphatic rings. The van der Waals surface area contributed by atoms with Gasteiger partial charge < -0.3 is 9.64 Å². The van der Waals surface area contributed by atoms with Crippen molar-refractivity contribution in [2.75, 3.05) is 6.61 Å². The minimum atomic E-state index is -0.844. The Labute approximate surface area is 202 Å². The molecule has 0 radical (unpaired) electrons. The van der Waals surface area contributed by atoms with E-state index in [2.05, 4.69) is 0 Å². The van der Waals surface area contributed by atoms with Crippen molar-refractivity contribution < 1.29 is 23.9 Å². The van der Waals surface area contributed by atoms with E-state index in [1.54, 1.807) is 29.2 Å². The molecule has 1 aliphatic carbocycles. The second-order valence-corrected chi connectivity index (χ2v) is 8.61. The molecule has 172 valence electrons. The fourth-order valence-corrected chi connectivity index (χ4v) is 4.26. The highest BCUT2D eigenvalue weighted by Gasteiger charge is 2.33. The van der Waals surface area contributed by atoms with Crippen molar-refractivity contribution in [3.8, 4) is 0 Å². The SMILES string of the molecule is CC(C)N(Cc1ccccc1)C(=O)COC(=O)c1ccc2c(c1Cl)C(=O)c1ccccc1C2=O. The summed E-state index contributed by atoms with van der Waals surface area (Å²) in [6.45, 7) is 3.66. The van der Waals surface area contributed by atoms with Gasteiger partial charge in [-0.3, -0.25) is 14.4 Å². The maximum absolute atomic E-state index is 13.0. The summed E-state index contributed by atoms with van der Waals surface area (Å²) < 4.78 is 5.25. The van der Waals surface area contributed by atoms with E-state index >= 15 is 0 Å². The lowest BCUT2D eigenvalue weighted by atomic mass is 9.83. The zero-order valence-corrected chi connectivity index (χ0v) is 19.5. The summed E-state index contributed by atoms with van der Waals surface area (Å²) in [5, 5.41) is -0.159. The van der Waals surface area contributed by atoms with E-state index in [1.807, 2.05) is 44.2 Å². The highest BCUT2D eigenvalue weighted by molar-refractivity contribution is 6.41. The molecule has 0 fully saturated rings. The minimum Gasteiger partial charge on any atom is -0.452 e. The number of amides is 1. The van der Waals surface area contributed by atoms with Crippen LogP contribution in [0.15, 0.2) is 66.7 Å². The summed E-state index contributed by atoms with van der Waals surface area (Å²) in [6, 6.07) is 18.6. The number of hydrogen-bond donors (Lipinski definition) is 0. The maximum atomic E-state index is 13.0. The molecular formula is C27H22ClNO5. The van der Waals surface area contributed by atoms with Gasteiger partial charge in [-0.05, 0) is 31.5 Å². The number of benzene rings is 3. The number of esters is 1. The van der Waals surface area contributed by atoms with E-state index in [-0.39, 0.29) is 45.0 Å². The van der Waals surface area contributed by atoms with Gasteiger partial charge in [0.05, 0.1) is 16.1 Å². The average Bonchev–Trinajstić information content (AvgIpc) is 2.84. The van der Waals surface area contributed by atoms with Crippen LogP contribution in [0.3, 0.4) is 0 Å². The molecule has 0 aromatic heterocycles. The second-order valence-electron chi connectivity index (χ2n) is 8.23. The standard InChI is InChI=1S/C27H22ClNO5/c1-16(2)29(14-17-8-4-3-5-9-17)22(30)15-34-27(33)21-13-12-20-23(24(21)28)26(32)19-11-7-6-10-18(19)25(20)31/h3-13,16H,14-15H2,1-2H3. The van der Waals surface area contributed by atoms with Crippen molar-refractivity contribution >= 4 is 35.0 Å². The second kappa shape index (κ2) is 9.61. The fraction of sp³-hybridized carbons (Fsp3) is 0.185. The Hall–Kier alpha value is -3.77. The fourth-order valence-electron chi connectivity index (χ4n) is 3.93. The van der Waals surface area contributed by atoms with Crippen LogP contribution >= 0.6 is 11.6 Å². The number of fused-ring (bicyclic) bond motifs is 2. The van der Waals surface area contributed by atoms with Gasteiger partial charge in [0, 0.05) is 29.3 Å². The first-order valence-corrected chi connectivity index (χ1v) is 11.2. The zero-order chi connectivity index (χ0) is 24.4. The third kappa shape index (κ3) is 4.37. The Morgan fingerprint density at radius 2 is 1.47 bits per heavy atom. The van der Waals surface area contributed by atoms with Crippen LogP contribution < -0.4 is 0 Å². The van der Waals surface area contributed by atoms with Gasteiger partial charge in [-0.15, -0.1) is 0 Å². The lowest BCUT2D eigenvalue weighted by molar-refractivity contribution is -0.136. The lowest BCUT2D eigenvalue weighted by Crippen LogP contribution is -2.39. The topological polar surface area (TPSA) is 80.8 Å². The third-order valence-electron chi connectivity index (χ3n) is 5.72. The number of ketones is 2. The molecule has 3 aromatic rings. The summed E-state index contributed by atoms with van der Waals surface area (Å²) in [4.78, 5) is 53.0. The van der Waals surface area contributed by atoms with E-state index in [0.29, 0.717) is 12.1 Å². The van der Waals surface area contributed by atoms with Crippen LogP contribution in [0.2, 0.25) is 5.02 Å². The Bertz CT molecular complexity index is 1300. The van der Waals surface area contributed by atoms with Crippen molar-refractivity contribution in [2.24, 2.45) is 0 Å². The third-order valence-corrected chi connectivity index (χ3v) is 6.11. The van der Waals surface area contributed by atoms with Crippen LogP contribution in [0.1, 0.15) is 61.6 Å². The average molecular weight is 476 g/mol. The van der Waals surface area contributed by atoms with Gasteiger partial charge in [-0.2, -0.15) is 0 Å². The Morgan fingerprint density at radius 1 is 0.853 bits per heavy atom. The van der Waals surface area contributed by atoms with Crippen molar-refractivity contribution in [3.05, 3.63) is 105 Å². The van der Waals surface area contributed by atoms with Crippen LogP contribution in [-0.4, -0.2) is 41.0 Å². The molecule has 34 heavy (non-hydrogen) atoms. The lowest BCUT2D eigenvalue weighted by Gasteiger charge is -2.26. The number of carbonyl (C=O) groups excluding carboxylic acids is 4. The highest BCUT2D eigenvalue weighted by atomic mass is 35.5. The summed E-state index contributed by atoms with van der Waals surface area (Å²) >= 11 is 6.41. The number of carbonyl (C=O) groups is 4. The summed E-state index contributed by atoms with van der Waals surface area (Å²) in [6.07, 6.45) is 0. The maximum Gasteiger partial charge on any atom is 0.340 e. The molecule has 0 unspecified atom stereocenters. The van der Waals surface area contributed by atoms with Crippen LogP contribution in [0.25, 0.3) is 0 Å². The quantitative estimate of drug-likeness (QED) is 0.377. The van der Waals surface area contributed by atoms with Crippen LogP contribution in [-0.2, 0) is 16.1 Å². The molecule has 7 heteroatoms. The molecule has 4 rings (SSSR count). The molecule has 6 nitrogen and oxygen atoms in total. The minimum absolute atomic E-state index is 0.0287. The van der Waals surface area contributed by atoms with E-state index < -0.39 is 18.4 Å². The molecule has 0 heterocycles. The summed E-state index contributed by atoms with van der Waals surface area (Å²) in [5.74, 6) is -1.98. The molecule has 0 spiro atoms. The van der Waals surface area contributed by atoms with Gasteiger partial charge in [0.15, 0.2) is 18.2 Å². The molecule has 0 saturated carbocycles. The molecule has 0 N–H and O–H groups in total. The van der Waals surface area contributed by atoms with Gasteiger partial charge in [-0.25, -0.2) is 4.79 Å². The smallest absolute Gasteiger partial charge is 0.340 e. The Kier molecular flexibility index (Phi) is 6.61. The predicted octanol–water partition coefficient (Wildman–Crippen LogP) is 4.71. The van der Waals surface area contributed by atoms with Crippen molar-refractivity contribution in [3.63, 3.8) is 0 Å². The van der Waals surface area contributed by atoms with E-state index in [4.69, 9.17) is 16.3 Å². The number of nitrogens with zero attached hydrogens (tertiary/aromatic N) is 1. The van der Waals surface area contributed by atoms with Crippen LogP contribution in [0, 0.1) is 0 Å². The van der Waals surface area contributed by atoms with Gasteiger partial charge >= 0.3 is 5.97 Å². The summed E-state index contributed by atoms with van der Waals surface area (Å²) in [5.41, 5.74) is 1.51. The van der Waals surface area contributed by atoms with E-state index in [1.165, 1.54) is 12.1 Å². The van der Waals surface area contributed by atoms with E-state index in [9.17, 15) is 19.2 Å². The Morgan fingerprint density at radius 3 is 2.12 bits per heavy atom. The van der Waals surface area contributed by atoms with Crippen LogP contribution in [0.4, 0.5) is 0 Å². The molecule has 0 bridgehead atoms. The molecule has 1 amide bonds. The van der Waals surface area contributed by atoms with Gasteiger partial charge in [0.25, 0.3) is 5.91 Å². The molecular weight excluding hydrogens is 454 g/mol. The molecule has 3 aromatic carbocycles. The predicted molar refractivity (Wildman–Crippen MR) is 127 cm³/mol. The number of hydrogen-bond acceptors (Lipinski definition) is 5. The van der Waals surface area contributed by atoms with Crippen molar-refractivity contribution in [1.82, 2.24) is 4.90 Å². The monoisotopic (exact) mass is 475 g/mol. The Balaban J connectivity index is 1.52.